The van der Waals surface area contributed by atoms with Gasteiger partial charge in [-0.25, -0.2) is 4.98 Å². The molecular formula is C18H14N4O2S2. The Balaban J connectivity index is 1.48. The van der Waals surface area contributed by atoms with Crippen LogP contribution in [0.3, 0.4) is 0 Å². The average Bonchev–Trinajstić information content (AvgIpc) is 3.38. The van der Waals surface area contributed by atoms with Crippen LogP contribution in [0.1, 0.15) is 25.7 Å². The minimum absolute atomic E-state index is 0.378. The highest BCUT2D eigenvalue weighted by atomic mass is 32.1. The number of carbonyl (C=O) groups excluding carboxylic acids is 2. The zero-order chi connectivity index (χ0) is 18.1. The van der Waals surface area contributed by atoms with E-state index in [2.05, 4.69) is 20.8 Å². The van der Waals surface area contributed by atoms with Crippen molar-refractivity contribution in [3.63, 3.8) is 0 Å². The number of fused-ring (bicyclic) bond motifs is 1. The van der Waals surface area contributed by atoms with Gasteiger partial charge in [0, 0.05) is 17.1 Å². The Morgan fingerprint density at radius 3 is 2.69 bits per heavy atom. The predicted octanol–water partition coefficient (Wildman–Crippen LogP) is 3.74. The Morgan fingerprint density at radius 2 is 1.88 bits per heavy atom. The van der Waals surface area contributed by atoms with Crippen molar-refractivity contribution < 1.29 is 9.59 Å². The number of nitrogens with zero attached hydrogens (tertiary/aromatic N) is 1. The van der Waals surface area contributed by atoms with E-state index in [-0.39, 0.29) is 11.8 Å². The summed E-state index contributed by atoms with van der Waals surface area (Å²) >= 11 is 2.88. The van der Waals surface area contributed by atoms with E-state index in [4.69, 9.17) is 0 Å². The Kier molecular flexibility index (Phi) is 4.27. The lowest BCUT2D eigenvalue weighted by Crippen LogP contribution is -2.41. The highest BCUT2D eigenvalue weighted by Gasteiger charge is 2.18. The molecule has 0 saturated carbocycles. The smallest absolute Gasteiger partial charge is 0.281 e. The summed E-state index contributed by atoms with van der Waals surface area (Å²) in [4.78, 5) is 33.8. The van der Waals surface area contributed by atoms with Gasteiger partial charge in [0.2, 0.25) is 0 Å². The van der Waals surface area contributed by atoms with E-state index < -0.39 is 0 Å². The number of aromatic amines is 1. The number of hydrogen-bond donors (Lipinski definition) is 3. The van der Waals surface area contributed by atoms with Crippen molar-refractivity contribution in [2.45, 2.75) is 6.92 Å². The van der Waals surface area contributed by atoms with Crippen LogP contribution in [0.2, 0.25) is 0 Å². The number of nitrogens with one attached hydrogen (secondary N) is 3. The number of hydrazine groups is 1. The zero-order valence-corrected chi connectivity index (χ0v) is 15.3. The van der Waals surface area contributed by atoms with Gasteiger partial charge in [-0.1, -0.05) is 24.3 Å². The minimum atomic E-state index is -0.379. The van der Waals surface area contributed by atoms with Crippen LogP contribution in [0.4, 0.5) is 0 Å². The van der Waals surface area contributed by atoms with Crippen molar-refractivity contribution in [1.29, 1.82) is 0 Å². The summed E-state index contributed by atoms with van der Waals surface area (Å²) in [6.07, 6.45) is 1.62. The van der Waals surface area contributed by atoms with Gasteiger partial charge in [-0.05, 0) is 24.4 Å². The molecule has 3 heterocycles. The van der Waals surface area contributed by atoms with Gasteiger partial charge >= 0.3 is 0 Å². The standard InChI is InChI=1S/C18H14N4O2S2/c1-10-15(26-18(20-10)14-7-4-8-25-14)17(24)22-21-16(23)12-9-19-13-6-3-2-5-11(12)13/h2-9,19H,1H3,(H,21,23)(H,22,24). The third kappa shape index (κ3) is 3.00. The number of H-pyrrole nitrogens is 1. The molecule has 0 saturated heterocycles. The third-order valence-corrected chi connectivity index (χ3v) is 6.05. The maximum absolute atomic E-state index is 12.4. The summed E-state index contributed by atoms with van der Waals surface area (Å²) in [5.74, 6) is -0.757. The predicted molar refractivity (Wildman–Crippen MR) is 103 cm³/mol. The van der Waals surface area contributed by atoms with Crippen molar-refractivity contribution in [3.05, 3.63) is 64.1 Å². The molecule has 3 aromatic heterocycles. The molecule has 0 unspecified atom stereocenters. The van der Waals surface area contributed by atoms with Gasteiger partial charge in [-0.2, -0.15) is 0 Å². The van der Waals surface area contributed by atoms with Crippen LogP contribution in [-0.4, -0.2) is 21.8 Å². The molecule has 0 bridgehead atoms. The highest BCUT2D eigenvalue weighted by molar-refractivity contribution is 7.22. The number of aromatic nitrogens is 2. The van der Waals surface area contributed by atoms with E-state index in [1.165, 1.54) is 11.3 Å². The minimum Gasteiger partial charge on any atom is -0.360 e. The van der Waals surface area contributed by atoms with Crippen LogP contribution < -0.4 is 10.9 Å². The van der Waals surface area contributed by atoms with Gasteiger partial charge < -0.3 is 4.98 Å². The summed E-state index contributed by atoms with van der Waals surface area (Å²) in [5, 5.41) is 3.56. The number of carbonyl (C=O) groups is 2. The Bertz CT molecular complexity index is 1100. The van der Waals surface area contributed by atoms with E-state index >= 15 is 0 Å². The van der Waals surface area contributed by atoms with E-state index in [0.29, 0.717) is 16.1 Å². The van der Waals surface area contributed by atoms with E-state index in [0.717, 1.165) is 20.8 Å². The van der Waals surface area contributed by atoms with E-state index in [9.17, 15) is 9.59 Å². The summed E-state index contributed by atoms with van der Waals surface area (Å²) < 4.78 is 0. The normalized spacial score (nSPS) is 10.8. The fourth-order valence-electron chi connectivity index (χ4n) is 2.61. The third-order valence-electron chi connectivity index (χ3n) is 3.86. The molecule has 4 rings (SSSR count). The molecule has 2 amide bonds. The first-order chi connectivity index (χ1) is 12.6. The zero-order valence-electron chi connectivity index (χ0n) is 13.7. The van der Waals surface area contributed by atoms with Crippen LogP contribution in [0.15, 0.2) is 48.0 Å². The number of thiazole rings is 1. The molecule has 0 spiro atoms. The second kappa shape index (κ2) is 6.74. The van der Waals surface area contributed by atoms with E-state index in [1.54, 1.807) is 24.5 Å². The van der Waals surface area contributed by atoms with Crippen LogP contribution in [0.5, 0.6) is 0 Å². The van der Waals surface area contributed by atoms with Gasteiger partial charge in [-0.15, -0.1) is 22.7 Å². The van der Waals surface area contributed by atoms with Crippen LogP contribution in [0, 0.1) is 6.92 Å². The van der Waals surface area contributed by atoms with Gasteiger partial charge in [0.25, 0.3) is 11.8 Å². The number of thiophene rings is 1. The summed E-state index contributed by atoms with van der Waals surface area (Å²) in [6, 6.07) is 11.4. The van der Waals surface area contributed by atoms with Gasteiger partial charge in [-0.3, -0.25) is 20.4 Å². The molecule has 3 N–H and O–H groups in total. The molecule has 0 aliphatic rings. The first kappa shape index (κ1) is 16.5. The molecule has 6 nitrogen and oxygen atoms in total. The lowest BCUT2D eigenvalue weighted by Gasteiger charge is -2.05. The molecule has 0 fully saturated rings. The number of para-hydroxylation sites is 1. The lowest BCUT2D eigenvalue weighted by molar-refractivity contribution is 0.0849. The summed E-state index contributed by atoms with van der Waals surface area (Å²) in [7, 11) is 0. The average molecular weight is 382 g/mol. The molecule has 0 radical (unpaired) electrons. The monoisotopic (exact) mass is 382 g/mol. The summed E-state index contributed by atoms with van der Waals surface area (Å²) in [5.41, 5.74) is 6.92. The van der Waals surface area contributed by atoms with Crippen LogP contribution in [-0.2, 0) is 0 Å². The van der Waals surface area contributed by atoms with Crippen molar-refractivity contribution in [2.75, 3.05) is 0 Å². The SMILES string of the molecule is Cc1nc(-c2cccs2)sc1C(=O)NNC(=O)c1c[nH]c2ccccc12. The number of benzene rings is 1. The second-order valence-electron chi connectivity index (χ2n) is 5.57. The molecule has 1 aromatic carbocycles. The molecule has 8 heteroatoms. The quantitative estimate of drug-likeness (QED) is 0.472. The summed E-state index contributed by atoms with van der Waals surface area (Å²) in [6.45, 7) is 1.78. The maximum Gasteiger partial charge on any atom is 0.281 e. The van der Waals surface area contributed by atoms with Crippen molar-refractivity contribution in [3.8, 4) is 9.88 Å². The number of aryl methyl sites for hydroxylation is 1. The number of rotatable bonds is 3. The van der Waals surface area contributed by atoms with Crippen molar-refractivity contribution >= 4 is 45.4 Å². The fraction of sp³-hybridized carbons (Fsp3) is 0.0556. The Morgan fingerprint density at radius 1 is 1.08 bits per heavy atom. The molecular weight excluding hydrogens is 368 g/mol. The fourth-order valence-corrected chi connectivity index (χ4v) is 4.37. The molecule has 0 atom stereocenters. The Hall–Kier alpha value is -2.97. The molecule has 26 heavy (non-hydrogen) atoms. The topological polar surface area (TPSA) is 86.9 Å². The number of hydrogen-bond acceptors (Lipinski definition) is 5. The van der Waals surface area contributed by atoms with Crippen molar-refractivity contribution in [1.82, 2.24) is 20.8 Å². The molecule has 0 aliphatic heterocycles. The largest absolute Gasteiger partial charge is 0.360 e. The van der Waals surface area contributed by atoms with Gasteiger partial charge in [0.05, 0.1) is 16.1 Å². The lowest BCUT2D eigenvalue weighted by atomic mass is 10.2. The van der Waals surface area contributed by atoms with Gasteiger partial charge in [0.1, 0.15) is 9.88 Å². The van der Waals surface area contributed by atoms with Gasteiger partial charge in [0.15, 0.2) is 0 Å². The first-order valence-corrected chi connectivity index (χ1v) is 9.51. The molecule has 130 valence electrons. The van der Waals surface area contributed by atoms with Crippen LogP contribution >= 0.6 is 22.7 Å². The highest BCUT2D eigenvalue weighted by Crippen LogP contribution is 2.30. The maximum atomic E-state index is 12.4. The first-order valence-electron chi connectivity index (χ1n) is 7.81. The van der Waals surface area contributed by atoms with Crippen molar-refractivity contribution in [2.24, 2.45) is 0 Å². The van der Waals surface area contributed by atoms with Crippen LogP contribution in [0.25, 0.3) is 20.8 Å². The molecule has 4 aromatic rings. The molecule has 0 aliphatic carbocycles. The Labute approximate surface area is 156 Å². The second-order valence-corrected chi connectivity index (χ2v) is 7.51. The number of amides is 2. The van der Waals surface area contributed by atoms with E-state index in [1.807, 2.05) is 41.8 Å².